The summed E-state index contributed by atoms with van der Waals surface area (Å²) >= 11 is 3.46. The summed E-state index contributed by atoms with van der Waals surface area (Å²) in [6.45, 7) is 8.81. The summed E-state index contributed by atoms with van der Waals surface area (Å²) < 4.78 is 6.52. The fourth-order valence-electron chi connectivity index (χ4n) is 2.90. The molecular weight excluding hydrogens is 398 g/mol. The second-order valence-electron chi connectivity index (χ2n) is 7.64. The van der Waals surface area contributed by atoms with Crippen LogP contribution in [0.15, 0.2) is 28.7 Å². The normalized spacial score (nSPS) is 18.7. The summed E-state index contributed by atoms with van der Waals surface area (Å²) in [5.74, 6) is 0.543. The van der Waals surface area contributed by atoms with E-state index in [9.17, 15) is 4.79 Å². The molecule has 1 amide bonds. The monoisotopic (exact) mass is 427 g/mol. The number of benzene rings is 1. The molecule has 0 N–H and O–H groups in total. The largest absolute Gasteiger partial charge is 0.444 e. The Balaban J connectivity index is 0.000000342. The van der Waals surface area contributed by atoms with Gasteiger partial charge in [0.2, 0.25) is 0 Å². The van der Waals surface area contributed by atoms with E-state index in [1.807, 2.05) is 25.7 Å². The number of ether oxygens (including phenoxy) is 1. The van der Waals surface area contributed by atoms with Crippen LogP contribution in [0.3, 0.4) is 0 Å². The number of carbonyl (C=O) groups excluding carboxylic acids is 1. The van der Waals surface area contributed by atoms with Crippen molar-refractivity contribution in [2.24, 2.45) is 0 Å². The first-order chi connectivity index (χ1) is 12.3. The van der Waals surface area contributed by atoms with E-state index in [-0.39, 0.29) is 6.09 Å². The zero-order valence-electron chi connectivity index (χ0n) is 16.0. The molecule has 2 fully saturated rings. The predicted octanol–water partition coefficient (Wildman–Crippen LogP) is 5.29. The average molecular weight is 428 g/mol. The molecular formula is C20H30BrNO4. The molecule has 0 unspecified atom stereocenters. The van der Waals surface area contributed by atoms with Crippen LogP contribution >= 0.6 is 15.9 Å². The molecule has 2 heterocycles. The summed E-state index contributed by atoms with van der Waals surface area (Å²) in [6, 6.07) is 8.49. The minimum absolute atomic E-state index is 0.188. The molecule has 1 aromatic carbocycles. The third-order valence-corrected chi connectivity index (χ3v) is 4.81. The molecule has 146 valence electrons. The highest BCUT2D eigenvalue weighted by Gasteiger charge is 2.27. The van der Waals surface area contributed by atoms with Crippen molar-refractivity contribution in [1.82, 2.24) is 4.90 Å². The highest BCUT2D eigenvalue weighted by molar-refractivity contribution is 9.10. The van der Waals surface area contributed by atoms with E-state index in [0.717, 1.165) is 56.5 Å². The van der Waals surface area contributed by atoms with Crippen molar-refractivity contribution in [1.29, 1.82) is 0 Å². The van der Waals surface area contributed by atoms with Crippen LogP contribution < -0.4 is 0 Å². The van der Waals surface area contributed by atoms with E-state index >= 15 is 0 Å². The first-order valence-electron chi connectivity index (χ1n) is 9.33. The number of likely N-dealkylation sites (tertiary alicyclic amines) is 1. The lowest BCUT2D eigenvalue weighted by Gasteiger charge is -2.33. The van der Waals surface area contributed by atoms with Crippen LogP contribution in [0.1, 0.15) is 57.9 Å². The number of nitrogens with zero attached hydrogens (tertiary/aromatic N) is 1. The highest BCUT2D eigenvalue weighted by Crippen LogP contribution is 2.29. The van der Waals surface area contributed by atoms with Gasteiger partial charge in [-0.1, -0.05) is 28.1 Å². The first-order valence-corrected chi connectivity index (χ1v) is 10.1. The standard InChI is InChI=1S/C16H22BrNO2.C4H8O2/c1-16(2,3)20-15(19)18-10-8-13(9-11-18)12-4-6-14(17)7-5-12;1-2-4-6-5-3-1/h4-7,13H,8-11H2,1-3H3;1-4H2. The number of rotatable bonds is 1. The van der Waals surface area contributed by atoms with Crippen LogP contribution in [-0.4, -0.2) is 42.9 Å². The lowest BCUT2D eigenvalue weighted by molar-refractivity contribution is -0.312. The van der Waals surface area contributed by atoms with E-state index < -0.39 is 5.60 Å². The Morgan fingerprint density at radius 2 is 1.62 bits per heavy atom. The Kier molecular flexibility index (Phi) is 8.38. The minimum atomic E-state index is -0.417. The van der Waals surface area contributed by atoms with Crippen molar-refractivity contribution in [3.63, 3.8) is 0 Å². The van der Waals surface area contributed by atoms with Gasteiger partial charge in [-0.2, -0.15) is 0 Å². The second-order valence-corrected chi connectivity index (χ2v) is 8.56. The fourth-order valence-corrected chi connectivity index (χ4v) is 3.16. The number of hydrogen-bond acceptors (Lipinski definition) is 4. The molecule has 0 spiro atoms. The van der Waals surface area contributed by atoms with Gasteiger partial charge in [-0.05, 0) is 70.1 Å². The molecule has 0 bridgehead atoms. The van der Waals surface area contributed by atoms with Crippen molar-refractivity contribution >= 4 is 22.0 Å². The van der Waals surface area contributed by atoms with Crippen molar-refractivity contribution in [3.8, 4) is 0 Å². The van der Waals surface area contributed by atoms with Gasteiger partial charge in [-0.25, -0.2) is 14.6 Å². The van der Waals surface area contributed by atoms with Crippen molar-refractivity contribution in [2.75, 3.05) is 26.3 Å². The molecule has 0 aromatic heterocycles. The Bertz CT molecular complexity index is 532. The average Bonchev–Trinajstić information content (AvgIpc) is 2.63. The molecule has 2 aliphatic heterocycles. The number of amides is 1. The number of halogens is 1. The van der Waals surface area contributed by atoms with Crippen LogP contribution in [0.2, 0.25) is 0 Å². The molecule has 3 rings (SSSR count). The summed E-state index contributed by atoms with van der Waals surface area (Å²) in [7, 11) is 0. The van der Waals surface area contributed by atoms with E-state index in [4.69, 9.17) is 4.74 Å². The molecule has 1 aromatic rings. The lowest BCUT2D eigenvalue weighted by atomic mass is 9.90. The molecule has 0 atom stereocenters. The van der Waals surface area contributed by atoms with Gasteiger partial charge >= 0.3 is 6.09 Å². The Hall–Kier alpha value is -1.11. The molecule has 5 nitrogen and oxygen atoms in total. The number of piperidine rings is 1. The maximum absolute atomic E-state index is 12.0. The first kappa shape index (κ1) is 21.2. The zero-order valence-corrected chi connectivity index (χ0v) is 17.6. The highest BCUT2D eigenvalue weighted by atomic mass is 79.9. The third-order valence-electron chi connectivity index (χ3n) is 4.28. The molecule has 2 aliphatic rings. The van der Waals surface area contributed by atoms with Gasteiger partial charge in [0.15, 0.2) is 0 Å². The number of hydrogen-bond donors (Lipinski definition) is 0. The quantitative estimate of drug-likeness (QED) is 0.571. The third kappa shape index (κ3) is 7.64. The summed E-state index contributed by atoms with van der Waals surface area (Å²) in [6.07, 6.45) is 4.12. The Morgan fingerprint density at radius 1 is 1.08 bits per heavy atom. The molecule has 6 heteroatoms. The van der Waals surface area contributed by atoms with E-state index in [1.165, 1.54) is 5.56 Å². The smallest absolute Gasteiger partial charge is 0.410 e. The van der Waals surface area contributed by atoms with Gasteiger partial charge < -0.3 is 9.64 Å². The van der Waals surface area contributed by atoms with E-state index in [1.54, 1.807) is 0 Å². The SMILES string of the molecule is C1CCOOC1.CC(C)(C)OC(=O)N1CCC(c2ccc(Br)cc2)CC1. The van der Waals surface area contributed by atoms with Gasteiger partial charge in [0.25, 0.3) is 0 Å². The molecule has 0 aliphatic carbocycles. The van der Waals surface area contributed by atoms with Gasteiger partial charge in [-0.15, -0.1) is 0 Å². The van der Waals surface area contributed by atoms with Crippen LogP contribution in [0.5, 0.6) is 0 Å². The lowest BCUT2D eigenvalue weighted by Crippen LogP contribution is -2.41. The maximum atomic E-state index is 12.0. The van der Waals surface area contributed by atoms with Gasteiger partial charge in [0.05, 0.1) is 13.2 Å². The van der Waals surface area contributed by atoms with Crippen LogP contribution in [-0.2, 0) is 14.5 Å². The molecule has 2 saturated heterocycles. The Labute approximate surface area is 165 Å². The molecule has 0 radical (unpaired) electrons. The van der Waals surface area contributed by atoms with Crippen molar-refractivity contribution < 1.29 is 19.3 Å². The fraction of sp³-hybridized carbons (Fsp3) is 0.650. The predicted molar refractivity (Wildman–Crippen MR) is 105 cm³/mol. The summed E-state index contributed by atoms with van der Waals surface area (Å²) in [5.41, 5.74) is 0.941. The molecule has 26 heavy (non-hydrogen) atoms. The maximum Gasteiger partial charge on any atom is 0.410 e. The molecule has 0 saturated carbocycles. The zero-order chi connectivity index (χ0) is 19.0. The van der Waals surface area contributed by atoms with Gasteiger partial charge in [-0.3, -0.25) is 0 Å². The van der Waals surface area contributed by atoms with Crippen LogP contribution in [0, 0.1) is 0 Å². The summed E-state index contributed by atoms with van der Waals surface area (Å²) in [4.78, 5) is 23.0. The number of carbonyl (C=O) groups is 1. The topological polar surface area (TPSA) is 48.0 Å². The Morgan fingerprint density at radius 3 is 2.04 bits per heavy atom. The minimum Gasteiger partial charge on any atom is -0.444 e. The van der Waals surface area contributed by atoms with Gasteiger partial charge in [0.1, 0.15) is 5.60 Å². The van der Waals surface area contributed by atoms with Crippen LogP contribution in [0.4, 0.5) is 4.79 Å². The van der Waals surface area contributed by atoms with Crippen molar-refractivity contribution in [3.05, 3.63) is 34.3 Å². The van der Waals surface area contributed by atoms with E-state index in [2.05, 4.69) is 50.0 Å². The van der Waals surface area contributed by atoms with E-state index in [0.29, 0.717) is 5.92 Å². The van der Waals surface area contributed by atoms with Crippen molar-refractivity contribution in [2.45, 2.75) is 58.0 Å². The van der Waals surface area contributed by atoms with Gasteiger partial charge in [0, 0.05) is 17.6 Å². The van der Waals surface area contributed by atoms with Crippen LogP contribution in [0.25, 0.3) is 0 Å². The summed E-state index contributed by atoms with van der Waals surface area (Å²) in [5, 5.41) is 0. The second kappa shape index (κ2) is 10.3.